The van der Waals surface area contributed by atoms with Crippen molar-refractivity contribution in [1.29, 1.82) is 0 Å². The van der Waals surface area contributed by atoms with E-state index in [1.165, 1.54) is 0 Å². The highest BCUT2D eigenvalue weighted by Crippen LogP contribution is 2.29. The molecule has 1 heterocycles. The van der Waals surface area contributed by atoms with Gasteiger partial charge in [0.1, 0.15) is 11.6 Å². The summed E-state index contributed by atoms with van der Waals surface area (Å²) in [6.07, 6.45) is 20.7. The van der Waals surface area contributed by atoms with Crippen LogP contribution in [-0.2, 0) is 33.4 Å². The van der Waals surface area contributed by atoms with Gasteiger partial charge in [-0.1, -0.05) is 78.6 Å². The molecule has 1 saturated heterocycles. The predicted molar refractivity (Wildman–Crippen MR) is 215 cm³/mol. The van der Waals surface area contributed by atoms with Crippen LogP contribution in [0.3, 0.4) is 0 Å². The number of nitrogens with zero attached hydrogens (tertiary/aromatic N) is 1. The van der Waals surface area contributed by atoms with Crippen molar-refractivity contribution in [2.24, 2.45) is 0 Å². The highest BCUT2D eigenvalue weighted by Gasteiger charge is 2.35. The van der Waals surface area contributed by atoms with Gasteiger partial charge in [-0.2, -0.15) is 0 Å². The normalized spacial score (nSPS) is 16.6. The summed E-state index contributed by atoms with van der Waals surface area (Å²) in [5.74, 6) is 0.435. The topological polar surface area (TPSA) is 140 Å². The third-order valence-electron chi connectivity index (χ3n) is 10.8. The number of Topliss-reactive ketones (excluding diaryl/α,β-unsaturated/α-hetero) is 2. The lowest BCUT2D eigenvalue weighted by atomic mass is 9.82. The summed E-state index contributed by atoms with van der Waals surface area (Å²) in [6, 6.07) is 0.0280. The average Bonchev–Trinajstić information content (AvgIpc) is 3.58. The van der Waals surface area contributed by atoms with E-state index >= 15 is 0 Å². The molecular weight excluding hydrogens is 686 g/mol. The summed E-state index contributed by atoms with van der Waals surface area (Å²) in [4.78, 5) is 64.7. The summed E-state index contributed by atoms with van der Waals surface area (Å²) in [7, 11) is 3.31. The van der Waals surface area contributed by atoms with Gasteiger partial charge < -0.3 is 29.7 Å². The lowest BCUT2D eigenvalue weighted by molar-refractivity contribution is -0.133. The van der Waals surface area contributed by atoms with E-state index in [4.69, 9.17) is 14.2 Å². The van der Waals surface area contributed by atoms with Crippen molar-refractivity contribution < 1.29 is 38.2 Å². The molecule has 314 valence electrons. The second-order valence-electron chi connectivity index (χ2n) is 15.6. The van der Waals surface area contributed by atoms with Crippen LogP contribution in [0.5, 0.6) is 0 Å². The number of unbranched alkanes of at least 4 members (excludes halogenated alkanes) is 10. The molecule has 0 aromatic carbocycles. The zero-order valence-corrected chi connectivity index (χ0v) is 35.1. The van der Waals surface area contributed by atoms with Crippen molar-refractivity contribution in [2.45, 2.75) is 205 Å². The monoisotopic (exact) mass is 766 g/mol. The maximum Gasteiger partial charge on any atom is 0.407 e. The quantitative estimate of drug-likeness (QED) is 0.0611. The summed E-state index contributed by atoms with van der Waals surface area (Å²) in [5.41, 5.74) is -0.325. The smallest absolute Gasteiger partial charge is 0.407 e. The maximum atomic E-state index is 13.3. The van der Waals surface area contributed by atoms with Crippen LogP contribution in [0.25, 0.3) is 0 Å². The predicted octanol–water partition coefficient (Wildman–Crippen LogP) is 8.78. The molecule has 0 radical (unpaired) electrons. The molecule has 54 heavy (non-hydrogen) atoms. The molecule has 1 aliphatic rings. The first-order valence-corrected chi connectivity index (χ1v) is 21.7. The number of amides is 3. The van der Waals surface area contributed by atoms with Gasteiger partial charge in [-0.15, -0.1) is 0 Å². The molecule has 1 unspecified atom stereocenters. The van der Waals surface area contributed by atoms with E-state index in [0.29, 0.717) is 70.6 Å². The van der Waals surface area contributed by atoms with Gasteiger partial charge in [-0.3, -0.25) is 19.2 Å². The molecule has 0 aromatic rings. The molecule has 0 spiro atoms. The molecule has 1 fully saturated rings. The highest BCUT2D eigenvalue weighted by molar-refractivity contribution is 5.85. The average molecular weight is 766 g/mol. The molecule has 0 aromatic heterocycles. The van der Waals surface area contributed by atoms with E-state index in [2.05, 4.69) is 31.4 Å². The van der Waals surface area contributed by atoms with Gasteiger partial charge in [0.05, 0.1) is 25.4 Å². The van der Waals surface area contributed by atoms with Gasteiger partial charge in [-0.25, -0.2) is 4.79 Å². The fourth-order valence-corrected chi connectivity index (χ4v) is 7.42. The van der Waals surface area contributed by atoms with Crippen LogP contribution in [0.1, 0.15) is 188 Å². The summed E-state index contributed by atoms with van der Waals surface area (Å²) in [5, 5.41) is 6.23. The Morgan fingerprint density at radius 1 is 0.648 bits per heavy atom. The lowest BCUT2D eigenvalue weighted by Gasteiger charge is -2.36. The molecule has 0 aliphatic carbocycles. The first kappa shape index (κ1) is 49.5. The van der Waals surface area contributed by atoms with Crippen molar-refractivity contribution in [1.82, 2.24) is 15.5 Å². The minimum Gasteiger partial charge on any atom is -0.450 e. The Kier molecular flexibility index (Phi) is 29.0. The number of carbonyl (C=O) groups excluding carboxylic acids is 5. The number of methoxy groups -OCH3 is 2. The molecule has 0 bridgehead atoms. The van der Waals surface area contributed by atoms with E-state index in [1.54, 1.807) is 14.2 Å². The zero-order chi connectivity index (χ0) is 39.9. The SMILES string of the molecule is CCCCCC(CCCC)(CCCCOC(=O)NCCCCCCCC(=O)CCCC)NC(=O)CCC(=O)CCCCC(=O)N1C[C@@H](OC)C[C@@H]1COC. The Balaban J connectivity index is 2.41. The third-order valence-corrected chi connectivity index (χ3v) is 10.8. The first-order valence-electron chi connectivity index (χ1n) is 21.7. The van der Waals surface area contributed by atoms with Crippen LogP contribution in [-0.4, -0.2) is 92.6 Å². The van der Waals surface area contributed by atoms with E-state index in [-0.39, 0.29) is 54.2 Å². The molecule has 0 saturated carbocycles. The number of ether oxygens (including phenoxy) is 3. The van der Waals surface area contributed by atoms with Crippen molar-refractivity contribution in [3.63, 3.8) is 0 Å². The number of rotatable bonds is 35. The number of ketones is 2. The van der Waals surface area contributed by atoms with Crippen molar-refractivity contribution >= 4 is 29.5 Å². The van der Waals surface area contributed by atoms with Crippen molar-refractivity contribution in [3.8, 4) is 0 Å². The van der Waals surface area contributed by atoms with Crippen LogP contribution in [0.2, 0.25) is 0 Å². The number of hydrogen-bond acceptors (Lipinski definition) is 8. The number of hydrogen-bond donors (Lipinski definition) is 2. The van der Waals surface area contributed by atoms with Crippen LogP contribution in [0.4, 0.5) is 4.79 Å². The minimum absolute atomic E-state index is 0.0280. The van der Waals surface area contributed by atoms with E-state index < -0.39 is 0 Å². The van der Waals surface area contributed by atoms with Crippen LogP contribution >= 0.6 is 0 Å². The van der Waals surface area contributed by atoms with Gasteiger partial charge >= 0.3 is 6.09 Å². The van der Waals surface area contributed by atoms with Crippen molar-refractivity contribution in [3.05, 3.63) is 0 Å². The molecule has 11 heteroatoms. The maximum absolute atomic E-state index is 13.3. The largest absolute Gasteiger partial charge is 0.450 e. The van der Waals surface area contributed by atoms with Crippen LogP contribution in [0.15, 0.2) is 0 Å². The molecule has 1 aliphatic heterocycles. The molecular formula is C43H79N3O8. The second-order valence-corrected chi connectivity index (χ2v) is 15.6. The third kappa shape index (κ3) is 23.4. The van der Waals surface area contributed by atoms with Gasteiger partial charge in [0.15, 0.2) is 0 Å². The van der Waals surface area contributed by atoms with Gasteiger partial charge in [0.25, 0.3) is 0 Å². The summed E-state index contributed by atoms with van der Waals surface area (Å²) in [6.45, 7) is 8.44. The second kappa shape index (κ2) is 31.7. The Morgan fingerprint density at radius 3 is 1.93 bits per heavy atom. The van der Waals surface area contributed by atoms with Gasteiger partial charge in [0.2, 0.25) is 11.8 Å². The Labute approximate surface area is 328 Å². The minimum atomic E-state index is -0.385. The van der Waals surface area contributed by atoms with E-state index in [0.717, 1.165) is 116 Å². The number of carbonyl (C=O) groups is 5. The van der Waals surface area contributed by atoms with Crippen molar-refractivity contribution in [2.75, 3.05) is 40.5 Å². The zero-order valence-electron chi connectivity index (χ0n) is 35.1. The van der Waals surface area contributed by atoms with Crippen LogP contribution < -0.4 is 10.6 Å². The molecule has 11 nitrogen and oxygen atoms in total. The van der Waals surface area contributed by atoms with Crippen LogP contribution in [0, 0.1) is 0 Å². The lowest BCUT2D eigenvalue weighted by Crippen LogP contribution is -2.48. The highest BCUT2D eigenvalue weighted by atomic mass is 16.5. The number of nitrogens with one attached hydrogen (secondary N) is 2. The molecule has 3 amide bonds. The Bertz CT molecular complexity index is 1040. The van der Waals surface area contributed by atoms with Gasteiger partial charge in [-0.05, 0) is 70.6 Å². The Morgan fingerprint density at radius 2 is 1.24 bits per heavy atom. The summed E-state index contributed by atoms with van der Waals surface area (Å²) < 4.78 is 16.2. The first-order chi connectivity index (χ1) is 26.1. The fourth-order valence-electron chi connectivity index (χ4n) is 7.42. The molecule has 1 rings (SSSR count). The standard InChI is InChI=1S/C43H79N3O8/c1-6-9-18-29-43(28-11-8-3,30-19-21-32-54-42(51)44-31-20-14-12-13-15-23-37(47)22-10-7-2)45-40(49)27-26-38(48)24-16-17-25-41(50)46-34-39(53-5)33-36(46)35-52-4/h36,39H,6-35H2,1-5H3,(H,44,51)(H,45,49)/t36-,39+,43?/m1/s1. The van der Waals surface area contributed by atoms with Gasteiger partial charge in [0, 0.05) is 71.4 Å². The number of likely N-dealkylation sites (tertiary alicyclic amines) is 1. The van der Waals surface area contributed by atoms with E-state index in [9.17, 15) is 24.0 Å². The Hall–Kier alpha value is -2.53. The fraction of sp³-hybridized carbons (Fsp3) is 0.884. The molecule has 3 atom stereocenters. The van der Waals surface area contributed by atoms with E-state index in [1.807, 2.05) is 4.90 Å². The number of alkyl carbamates (subject to hydrolysis) is 1. The summed E-state index contributed by atoms with van der Waals surface area (Å²) >= 11 is 0. The molecule has 2 N–H and O–H groups in total.